The maximum Gasteiger partial charge on any atom is 0.335 e. The number of carboxylic acid groups (broad SMARTS) is 1. The van der Waals surface area contributed by atoms with Crippen molar-refractivity contribution < 1.29 is 19.1 Å². The van der Waals surface area contributed by atoms with Crippen LogP contribution in [0.1, 0.15) is 39.2 Å². The maximum absolute atomic E-state index is 12.0. The third kappa shape index (κ3) is 2.88. The fraction of sp³-hybridized carbons (Fsp3) is 0.200. The first-order chi connectivity index (χ1) is 9.51. The number of hydrogen-bond acceptors (Lipinski definition) is 3. The average molecular weight is 273 g/mol. The number of rotatable bonds is 4. The van der Waals surface area contributed by atoms with E-state index in [1.165, 1.54) is 6.07 Å². The number of carbonyl (C=O) groups is 2. The van der Waals surface area contributed by atoms with Crippen LogP contribution >= 0.6 is 0 Å². The van der Waals surface area contributed by atoms with Gasteiger partial charge in [0.1, 0.15) is 5.76 Å². The second-order valence-electron chi connectivity index (χ2n) is 4.41. The second-order valence-corrected chi connectivity index (χ2v) is 4.41. The fourth-order valence-corrected chi connectivity index (χ4v) is 1.86. The molecule has 0 fully saturated rings. The molecule has 0 aliphatic rings. The first-order valence-electron chi connectivity index (χ1n) is 6.25. The van der Waals surface area contributed by atoms with E-state index >= 15 is 0 Å². The lowest BCUT2D eigenvalue weighted by Gasteiger charge is -2.06. The van der Waals surface area contributed by atoms with Crippen LogP contribution in [0.2, 0.25) is 0 Å². The van der Waals surface area contributed by atoms with Crippen molar-refractivity contribution in [3.8, 4) is 0 Å². The van der Waals surface area contributed by atoms with Gasteiger partial charge in [0.05, 0.1) is 5.56 Å². The van der Waals surface area contributed by atoms with Crippen LogP contribution in [0, 0.1) is 6.92 Å². The number of nitrogens with one attached hydrogen (secondary N) is 1. The Bertz CT molecular complexity index is 658. The predicted molar refractivity (Wildman–Crippen MR) is 74.2 cm³/mol. The van der Waals surface area contributed by atoms with E-state index < -0.39 is 5.97 Å². The monoisotopic (exact) mass is 273 g/mol. The zero-order valence-corrected chi connectivity index (χ0v) is 11.3. The van der Waals surface area contributed by atoms with Crippen molar-refractivity contribution in [1.29, 1.82) is 0 Å². The number of anilines is 1. The van der Waals surface area contributed by atoms with Crippen molar-refractivity contribution in [2.75, 3.05) is 5.32 Å². The molecule has 5 nitrogen and oxygen atoms in total. The molecular formula is C15H15NO4. The Kier molecular flexibility index (Phi) is 3.89. The highest BCUT2D eigenvalue weighted by atomic mass is 16.4. The zero-order chi connectivity index (χ0) is 14.7. The summed E-state index contributed by atoms with van der Waals surface area (Å²) in [5, 5.41) is 11.6. The maximum atomic E-state index is 12.0. The van der Waals surface area contributed by atoms with Gasteiger partial charge in [-0.2, -0.15) is 0 Å². The predicted octanol–water partition coefficient (Wildman–Crippen LogP) is 3.10. The van der Waals surface area contributed by atoms with Gasteiger partial charge in [0.25, 0.3) is 5.91 Å². The molecule has 2 N–H and O–H groups in total. The zero-order valence-electron chi connectivity index (χ0n) is 11.3. The molecule has 0 aliphatic carbocycles. The minimum absolute atomic E-state index is 0.217. The molecule has 0 unspecified atom stereocenters. The summed E-state index contributed by atoms with van der Waals surface area (Å²) < 4.78 is 5.35. The Balaban J connectivity index is 2.15. The lowest BCUT2D eigenvalue weighted by molar-refractivity contribution is 0.0696. The van der Waals surface area contributed by atoms with Crippen LogP contribution in [0.15, 0.2) is 34.7 Å². The van der Waals surface area contributed by atoms with Gasteiger partial charge < -0.3 is 14.8 Å². The molecular weight excluding hydrogens is 258 g/mol. The van der Waals surface area contributed by atoms with Crippen molar-refractivity contribution in [2.24, 2.45) is 0 Å². The molecule has 5 heteroatoms. The van der Waals surface area contributed by atoms with Crippen molar-refractivity contribution >= 4 is 17.6 Å². The topological polar surface area (TPSA) is 79.5 Å². The molecule has 1 heterocycles. The first-order valence-corrected chi connectivity index (χ1v) is 6.25. The molecule has 1 aromatic carbocycles. The Labute approximate surface area is 116 Å². The van der Waals surface area contributed by atoms with Gasteiger partial charge in [0.15, 0.2) is 5.76 Å². The van der Waals surface area contributed by atoms with E-state index in [4.69, 9.17) is 9.52 Å². The second kappa shape index (κ2) is 5.61. The summed E-state index contributed by atoms with van der Waals surface area (Å²) in [5.74, 6) is -0.361. The van der Waals surface area contributed by atoms with Gasteiger partial charge in [-0.15, -0.1) is 0 Å². The standard InChI is InChI=1S/C15H15NO4/c1-3-11-5-7-13(20-11)14(17)16-10-4-6-12(15(18)19)9(2)8-10/h4-8H,3H2,1-2H3,(H,16,17)(H,18,19). The number of benzene rings is 1. The van der Waals surface area contributed by atoms with Crippen LogP contribution in [-0.4, -0.2) is 17.0 Å². The Morgan fingerprint density at radius 3 is 2.55 bits per heavy atom. The highest BCUT2D eigenvalue weighted by Crippen LogP contribution is 2.17. The smallest absolute Gasteiger partial charge is 0.335 e. The van der Waals surface area contributed by atoms with Gasteiger partial charge in [-0.05, 0) is 42.8 Å². The number of carboxylic acids is 1. The summed E-state index contributed by atoms with van der Waals surface area (Å²) in [6.07, 6.45) is 0.722. The van der Waals surface area contributed by atoms with E-state index in [1.54, 1.807) is 31.2 Å². The van der Waals surface area contributed by atoms with E-state index in [-0.39, 0.29) is 17.2 Å². The van der Waals surface area contributed by atoms with E-state index in [0.29, 0.717) is 11.3 Å². The third-order valence-electron chi connectivity index (χ3n) is 2.95. The van der Waals surface area contributed by atoms with Gasteiger partial charge in [-0.25, -0.2) is 4.79 Å². The number of furan rings is 1. The molecule has 0 spiro atoms. The largest absolute Gasteiger partial charge is 0.478 e. The van der Waals surface area contributed by atoms with Crippen LogP contribution in [0.5, 0.6) is 0 Å². The number of aryl methyl sites for hydroxylation is 2. The van der Waals surface area contributed by atoms with Crippen LogP contribution in [0.25, 0.3) is 0 Å². The third-order valence-corrected chi connectivity index (χ3v) is 2.95. The highest BCUT2D eigenvalue weighted by molar-refractivity contribution is 6.02. The summed E-state index contributed by atoms with van der Waals surface area (Å²) >= 11 is 0. The van der Waals surface area contributed by atoms with Crippen LogP contribution < -0.4 is 5.32 Å². The Morgan fingerprint density at radius 1 is 1.25 bits per heavy atom. The normalized spacial score (nSPS) is 10.3. The van der Waals surface area contributed by atoms with Crippen LogP contribution in [-0.2, 0) is 6.42 Å². The molecule has 2 aromatic rings. The van der Waals surface area contributed by atoms with E-state index in [1.807, 2.05) is 6.92 Å². The van der Waals surface area contributed by atoms with Gasteiger partial charge >= 0.3 is 5.97 Å². The minimum atomic E-state index is -0.987. The highest BCUT2D eigenvalue weighted by Gasteiger charge is 2.12. The molecule has 1 amide bonds. The van der Waals surface area contributed by atoms with Gasteiger partial charge in [0.2, 0.25) is 0 Å². The summed E-state index contributed by atoms with van der Waals surface area (Å²) in [6.45, 7) is 3.62. The SMILES string of the molecule is CCc1ccc(C(=O)Nc2ccc(C(=O)O)c(C)c2)o1. The molecule has 2 rings (SSSR count). The molecule has 0 saturated heterocycles. The lowest BCUT2D eigenvalue weighted by atomic mass is 10.1. The Morgan fingerprint density at radius 2 is 2.00 bits per heavy atom. The summed E-state index contributed by atoms with van der Waals surface area (Å²) in [6, 6.07) is 8.01. The number of carbonyl (C=O) groups excluding carboxylic acids is 1. The summed E-state index contributed by atoms with van der Waals surface area (Å²) in [4.78, 5) is 22.9. The average Bonchev–Trinajstić information content (AvgIpc) is 2.87. The van der Waals surface area contributed by atoms with Gasteiger partial charge in [0, 0.05) is 12.1 Å². The van der Waals surface area contributed by atoms with Gasteiger partial charge in [-0.3, -0.25) is 4.79 Å². The molecule has 0 aliphatic heterocycles. The number of amides is 1. The lowest BCUT2D eigenvalue weighted by Crippen LogP contribution is -2.11. The quantitative estimate of drug-likeness (QED) is 0.897. The Hall–Kier alpha value is -2.56. The minimum Gasteiger partial charge on any atom is -0.478 e. The van der Waals surface area contributed by atoms with E-state index in [0.717, 1.165) is 12.2 Å². The van der Waals surface area contributed by atoms with Gasteiger partial charge in [-0.1, -0.05) is 6.92 Å². The molecule has 20 heavy (non-hydrogen) atoms. The van der Waals surface area contributed by atoms with Crippen molar-refractivity contribution in [3.05, 3.63) is 53.0 Å². The first kappa shape index (κ1) is 13.9. The molecule has 0 atom stereocenters. The summed E-state index contributed by atoms with van der Waals surface area (Å²) in [7, 11) is 0. The van der Waals surface area contributed by atoms with Crippen molar-refractivity contribution in [1.82, 2.24) is 0 Å². The number of hydrogen-bond donors (Lipinski definition) is 2. The van der Waals surface area contributed by atoms with Crippen molar-refractivity contribution in [2.45, 2.75) is 20.3 Å². The fourth-order valence-electron chi connectivity index (χ4n) is 1.86. The van der Waals surface area contributed by atoms with E-state index in [2.05, 4.69) is 5.32 Å². The molecule has 0 bridgehead atoms. The molecule has 0 radical (unpaired) electrons. The van der Waals surface area contributed by atoms with Crippen LogP contribution in [0.3, 0.4) is 0 Å². The van der Waals surface area contributed by atoms with E-state index in [9.17, 15) is 9.59 Å². The van der Waals surface area contributed by atoms with Crippen molar-refractivity contribution in [3.63, 3.8) is 0 Å². The summed E-state index contributed by atoms with van der Waals surface area (Å²) in [5.41, 5.74) is 1.34. The number of aromatic carboxylic acids is 1. The molecule has 104 valence electrons. The molecule has 1 aromatic heterocycles. The van der Waals surface area contributed by atoms with Crippen LogP contribution in [0.4, 0.5) is 5.69 Å². The molecule has 0 saturated carbocycles.